The van der Waals surface area contributed by atoms with Crippen LogP contribution in [0.5, 0.6) is 5.75 Å². The Kier molecular flexibility index (Phi) is 8.43. The standard InChI is InChI=1S/C27H30F2O/c1-2-3-4-5-6-21-7-9-22(10-8-21)11-12-23-13-15-24(16-14-23)25-17-19-26(20-18-25)30-27(28)29/h7-10,13-20,27H,2-6,11-12H2,1H3. The minimum Gasteiger partial charge on any atom is -0.435 e. The summed E-state index contributed by atoms with van der Waals surface area (Å²) in [6.45, 7) is -0.550. The lowest BCUT2D eigenvalue weighted by Crippen LogP contribution is -2.01. The fourth-order valence-corrected chi connectivity index (χ4v) is 3.61. The van der Waals surface area contributed by atoms with E-state index in [0.29, 0.717) is 0 Å². The van der Waals surface area contributed by atoms with Crippen molar-refractivity contribution in [3.05, 3.63) is 89.5 Å². The Balaban J connectivity index is 1.49. The molecule has 0 aliphatic rings. The molecule has 0 unspecified atom stereocenters. The fourth-order valence-electron chi connectivity index (χ4n) is 3.61. The van der Waals surface area contributed by atoms with E-state index in [4.69, 9.17) is 0 Å². The van der Waals surface area contributed by atoms with Gasteiger partial charge in [-0.15, -0.1) is 0 Å². The molecule has 158 valence electrons. The predicted octanol–water partition coefficient (Wildman–Crippen LogP) is 7.86. The zero-order chi connectivity index (χ0) is 21.2. The van der Waals surface area contributed by atoms with Crippen LogP contribution in [0.15, 0.2) is 72.8 Å². The van der Waals surface area contributed by atoms with Crippen molar-refractivity contribution in [2.75, 3.05) is 0 Å². The van der Waals surface area contributed by atoms with Crippen LogP contribution in [0.1, 0.15) is 49.3 Å². The van der Waals surface area contributed by atoms with Crippen molar-refractivity contribution in [2.45, 2.75) is 58.5 Å². The third-order valence-electron chi connectivity index (χ3n) is 5.41. The monoisotopic (exact) mass is 408 g/mol. The average molecular weight is 409 g/mol. The molecule has 0 N–H and O–H groups in total. The summed E-state index contributed by atoms with van der Waals surface area (Å²) in [6.07, 6.45) is 8.41. The Morgan fingerprint density at radius 1 is 0.600 bits per heavy atom. The van der Waals surface area contributed by atoms with Crippen molar-refractivity contribution in [1.29, 1.82) is 0 Å². The Hall–Kier alpha value is -2.68. The zero-order valence-electron chi connectivity index (χ0n) is 17.6. The molecule has 0 bridgehead atoms. The van der Waals surface area contributed by atoms with Gasteiger partial charge in [0.15, 0.2) is 0 Å². The molecule has 0 amide bonds. The van der Waals surface area contributed by atoms with E-state index in [2.05, 4.69) is 60.2 Å². The number of halogens is 2. The largest absolute Gasteiger partial charge is 0.435 e. The molecule has 1 nitrogen and oxygen atoms in total. The first-order valence-corrected chi connectivity index (χ1v) is 10.9. The molecule has 0 aliphatic heterocycles. The van der Waals surface area contributed by atoms with Crippen molar-refractivity contribution in [3.63, 3.8) is 0 Å². The maximum Gasteiger partial charge on any atom is 0.387 e. The fraction of sp³-hybridized carbons (Fsp3) is 0.333. The highest BCUT2D eigenvalue weighted by molar-refractivity contribution is 5.64. The minimum absolute atomic E-state index is 0.178. The molecule has 3 aromatic carbocycles. The van der Waals surface area contributed by atoms with Gasteiger partial charge in [0.25, 0.3) is 0 Å². The quantitative estimate of drug-likeness (QED) is 0.293. The van der Waals surface area contributed by atoms with Crippen LogP contribution < -0.4 is 4.74 Å². The summed E-state index contributed by atoms with van der Waals surface area (Å²) in [5.41, 5.74) is 6.14. The smallest absolute Gasteiger partial charge is 0.387 e. The topological polar surface area (TPSA) is 9.23 Å². The molecule has 0 atom stereocenters. The number of ether oxygens (including phenoxy) is 1. The van der Waals surface area contributed by atoms with Gasteiger partial charge in [0.1, 0.15) is 5.75 Å². The Morgan fingerprint density at radius 3 is 1.57 bits per heavy atom. The summed E-state index contributed by atoms with van der Waals surface area (Å²) in [5, 5.41) is 0. The van der Waals surface area contributed by atoms with Gasteiger partial charge in [0.2, 0.25) is 0 Å². The number of hydrogen-bond acceptors (Lipinski definition) is 1. The summed E-state index contributed by atoms with van der Waals surface area (Å²) < 4.78 is 28.9. The number of hydrogen-bond donors (Lipinski definition) is 0. The van der Waals surface area contributed by atoms with Crippen molar-refractivity contribution in [2.24, 2.45) is 0 Å². The molecule has 3 heteroatoms. The second kappa shape index (κ2) is 11.5. The van der Waals surface area contributed by atoms with Gasteiger partial charge in [0, 0.05) is 0 Å². The molecule has 0 radical (unpaired) electrons. The van der Waals surface area contributed by atoms with E-state index in [1.54, 1.807) is 24.3 Å². The maximum atomic E-state index is 12.3. The summed E-state index contributed by atoms with van der Waals surface area (Å²) in [6, 6.07) is 24.2. The van der Waals surface area contributed by atoms with Crippen LogP contribution in [0.2, 0.25) is 0 Å². The first kappa shape index (κ1) is 22.0. The molecular weight excluding hydrogens is 378 g/mol. The van der Waals surface area contributed by atoms with E-state index in [-0.39, 0.29) is 5.75 Å². The molecule has 30 heavy (non-hydrogen) atoms. The molecular formula is C27H30F2O. The van der Waals surface area contributed by atoms with Gasteiger partial charge in [-0.25, -0.2) is 0 Å². The molecule has 0 saturated heterocycles. The normalized spacial score (nSPS) is 11.1. The predicted molar refractivity (Wildman–Crippen MR) is 120 cm³/mol. The molecule has 3 aromatic rings. The van der Waals surface area contributed by atoms with Crippen molar-refractivity contribution < 1.29 is 13.5 Å². The molecule has 0 saturated carbocycles. The van der Waals surface area contributed by atoms with Gasteiger partial charge in [-0.3, -0.25) is 0 Å². The first-order chi connectivity index (χ1) is 14.6. The van der Waals surface area contributed by atoms with Crippen LogP contribution in [0.4, 0.5) is 8.78 Å². The lowest BCUT2D eigenvalue weighted by Gasteiger charge is -2.08. The van der Waals surface area contributed by atoms with Gasteiger partial charge in [-0.2, -0.15) is 8.78 Å². The number of rotatable bonds is 11. The highest BCUT2D eigenvalue weighted by atomic mass is 19.3. The lowest BCUT2D eigenvalue weighted by atomic mass is 9.99. The van der Waals surface area contributed by atoms with Crippen molar-refractivity contribution in [1.82, 2.24) is 0 Å². The second-order valence-electron chi connectivity index (χ2n) is 7.73. The van der Waals surface area contributed by atoms with E-state index in [1.807, 2.05) is 0 Å². The van der Waals surface area contributed by atoms with Crippen molar-refractivity contribution in [3.8, 4) is 16.9 Å². The molecule has 0 aliphatic carbocycles. The maximum absolute atomic E-state index is 12.3. The summed E-state index contributed by atoms with van der Waals surface area (Å²) in [5.74, 6) is 0.178. The zero-order valence-corrected chi connectivity index (χ0v) is 17.6. The SMILES string of the molecule is CCCCCCc1ccc(CCc2ccc(-c3ccc(OC(F)F)cc3)cc2)cc1. The number of unbranched alkanes of at least 4 members (excludes halogenated alkanes) is 3. The molecule has 0 spiro atoms. The first-order valence-electron chi connectivity index (χ1n) is 10.9. The van der Waals surface area contributed by atoms with Crippen LogP contribution in [-0.4, -0.2) is 6.61 Å². The van der Waals surface area contributed by atoms with Crippen LogP contribution in [0, 0.1) is 0 Å². The Morgan fingerprint density at radius 2 is 1.07 bits per heavy atom. The highest BCUT2D eigenvalue weighted by Gasteiger charge is 2.05. The van der Waals surface area contributed by atoms with Gasteiger partial charge in [-0.05, 0) is 65.6 Å². The number of benzene rings is 3. The Bertz CT molecular complexity index is 868. The second-order valence-corrected chi connectivity index (χ2v) is 7.73. The van der Waals surface area contributed by atoms with E-state index >= 15 is 0 Å². The molecule has 0 aromatic heterocycles. The van der Waals surface area contributed by atoms with E-state index in [1.165, 1.54) is 48.8 Å². The summed E-state index contributed by atoms with van der Waals surface area (Å²) in [4.78, 5) is 0. The van der Waals surface area contributed by atoms with E-state index in [9.17, 15) is 8.78 Å². The minimum atomic E-state index is -2.79. The van der Waals surface area contributed by atoms with E-state index in [0.717, 1.165) is 24.0 Å². The average Bonchev–Trinajstić information content (AvgIpc) is 2.77. The third-order valence-corrected chi connectivity index (χ3v) is 5.41. The number of aryl methyl sites for hydroxylation is 3. The van der Waals surface area contributed by atoms with Gasteiger partial charge >= 0.3 is 6.61 Å². The van der Waals surface area contributed by atoms with Gasteiger partial charge in [0.05, 0.1) is 0 Å². The van der Waals surface area contributed by atoms with Crippen LogP contribution >= 0.6 is 0 Å². The van der Waals surface area contributed by atoms with E-state index < -0.39 is 6.61 Å². The van der Waals surface area contributed by atoms with Crippen molar-refractivity contribution >= 4 is 0 Å². The van der Waals surface area contributed by atoms with Crippen LogP contribution in [0.25, 0.3) is 11.1 Å². The summed E-state index contributed by atoms with van der Waals surface area (Å²) in [7, 11) is 0. The van der Waals surface area contributed by atoms with Gasteiger partial charge in [-0.1, -0.05) is 86.8 Å². The van der Waals surface area contributed by atoms with Crippen LogP contribution in [0.3, 0.4) is 0 Å². The molecule has 0 heterocycles. The molecule has 3 rings (SSSR count). The molecule has 0 fully saturated rings. The van der Waals surface area contributed by atoms with Gasteiger partial charge < -0.3 is 4.74 Å². The summed E-state index contributed by atoms with van der Waals surface area (Å²) >= 11 is 0. The van der Waals surface area contributed by atoms with Crippen LogP contribution in [-0.2, 0) is 19.3 Å². The number of alkyl halides is 2. The highest BCUT2D eigenvalue weighted by Crippen LogP contribution is 2.24. The lowest BCUT2D eigenvalue weighted by molar-refractivity contribution is -0.0498. The Labute approximate surface area is 178 Å². The third kappa shape index (κ3) is 6.98.